The first-order valence-electron chi connectivity index (χ1n) is 6.85. The lowest BCUT2D eigenvalue weighted by atomic mass is 10.2. The highest BCUT2D eigenvalue weighted by Crippen LogP contribution is 2.14. The van der Waals surface area contributed by atoms with Gasteiger partial charge < -0.3 is 10.1 Å². The van der Waals surface area contributed by atoms with Gasteiger partial charge in [0.15, 0.2) is 0 Å². The van der Waals surface area contributed by atoms with Gasteiger partial charge in [-0.3, -0.25) is 4.79 Å². The van der Waals surface area contributed by atoms with E-state index in [0.717, 1.165) is 5.56 Å². The SMILES string of the molecule is [N-]=[N+]=NCCNC(=O)c1ccc(OCc2ccccc2)cc1. The van der Waals surface area contributed by atoms with Crippen LogP contribution < -0.4 is 10.1 Å². The van der Waals surface area contributed by atoms with E-state index in [4.69, 9.17) is 10.3 Å². The van der Waals surface area contributed by atoms with Crippen LogP contribution in [0.2, 0.25) is 0 Å². The summed E-state index contributed by atoms with van der Waals surface area (Å²) < 4.78 is 5.65. The molecule has 0 atom stereocenters. The van der Waals surface area contributed by atoms with Crippen molar-refractivity contribution in [3.8, 4) is 5.75 Å². The molecule has 0 aromatic heterocycles. The average molecular weight is 296 g/mol. The normalized spacial score (nSPS) is 9.64. The van der Waals surface area contributed by atoms with Gasteiger partial charge in [0.2, 0.25) is 0 Å². The third-order valence-electron chi connectivity index (χ3n) is 2.93. The van der Waals surface area contributed by atoms with Crippen molar-refractivity contribution in [1.82, 2.24) is 5.32 Å². The zero-order valence-corrected chi connectivity index (χ0v) is 12.0. The highest BCUT2D eigenvalue weighted by Gasteiger charge is 2.04. The number of benzene rings is 2. The van der Waals surface area contributed by atoms with Crippen LogP contribution in [-0.2, 0) is 6.61 Å². The van der Waals surface area contributed by atoms with Crippen LogP contribution in [0, 0.1) is 0 Å². The molecule has 2 rings (SSSR count). The van der Waals surface area contributed by atoms with E-state index >= 15 is 0 Å². The molecular formula is C16H16N4O2. The van der Waals surface area contributed by atoms with Gasteiger partial charge in [0.05, 0.1) is 0 Å². The van der Waals surface area contributed by atoms with Gasteiger partial charge in [-0.2, -0.15) is 0 Å². The monoisotopic (exact) mass is 296 g/mol. The van der Waals surface area contributed by atoms with Crippen molar-refractivity contribution in [2.45, 2.75) is 6.61 Å². The van der Waals surface area contributed by atoms with Gasteiger partial charge in [0.1, 0.15) is 12.4 Å². The fraction of sp³-hybridized carbons (Fsp3) is 0.188. The zero-order valence-electron chi connectivity index (χ0n) is 12.0. The lowest BCUT2D eigenvalue weighted by Crippen LogP contribution is -2.25. The summed E-state index contributed by atoms with van der Waals surface area (Å²) in [5.74, 6) is 0.497. The molecule has 0 aliphatic rings. The van der Waals surface area contributed by atoms with Crippen LogP contribution in [0.1, 0.15) is 15.9 Å². The topological polar surface area (TPSA) is 87.1 Å². The first kappa shape index (κ1) is 15.4. The van der Waals surface area contributed by atoms with E-state index < -0.39 is 0 Å². The highest BCUT2D eigenvalue weighted by atomic mass is 16.5. The lowest BCUT2D eigenvalue weighted by molar-refractivity contribution is 0.0955. The first-order chi connectivity index (χ1) is 10.8. The second-order valence-corrected chi connectivity index (χ2v) is 4.51. The Hall–Kier alpha value is -2.98. The summed E-state index contributed by atoms with van der Waals surface area (Å²) in [6.45, 7) is 1.04. The molecule has 0 heterocycles. The number of ether oxygens (including phenoxy) is 1. The number of hydrogen-bond acceptors (Lipinski definition) is 3. The van der Waals surface area contributed by atoms with Crippen LogP contribution in [-0.4, -0.2) is 19.0 Å². The van der Waals surface area contributed by atoms with E-state index in [9.17, 15) is 4.79 Å². The summed E-state index contributed by atoms with van der Waals surface area (Å²) in [6, 6.07) is 16.8. The zero-order chi connectivity index (χ0) is 15.6. The molecule has 6 heteroatoms. The van der Waals surface area contributed by atoms with Crippen molar-refractivity contribution >= 4 is 5.91 Å². The number of nitrogens with one attached hydrogen (secondary N) is 1. The van der Waals surface area contributed by atoms with Crippen molar-refractivity contribution < 1.29 is 9.53 Å². The fourth-order valence-corrected chi connectivity index (χ4v) is 1.81. The molecular weight excluding hydrogens is 280 g/mol. The minimum Gasteiger partial charge on any atom is -0.489 e. The molecule has 1 amide bonds. The van der Waals surface area contributed by atoms with Crippen molar-refractivity contribution in [1.29, 1.82) is 0 Å². The second kappa shape index (κ2) is 8.34. The quantitative estimate of drug-likeness (QED) is 0.368. The minimum absolute atomic E-state index is 0.206. The Morgan fingerprint density at radius 1 is 1.14 bits per heavy atom. The van der Waals surface area contributed by atoms with Crippen LogP contribution in [0.5, 0.6) is 5.75 Å². The molecule has 6 nitrogen and oxygen atoms in total. The minimum atomic E-state index is -0.206. The standard InChI is InChI=1S/C16H16N4O2/c17-20-19-11-10-18-16(21)14-6-8-15(9-7-14)22-12-13-4-2-1-3-5-13/h1-9H,10-12H2,(H,18,21). The Kier molecular flexibility index (Phi) is 5.84. The molecule has 2 aromatic rings. The van der Waals surface area contributed by atoms with E-state index in [1.807, 2.05) is 30.3 Å². The van der Waals surface area contributed by atoms with E-state index in [2.05, 4.69) is 15.3 Å². The smallest absolute Gasteiger partial charge is 0.251 e. The molecule has 0 unspecified atom stereocenters. The average Bonchev–Trinajstić information content (AvgIpc) is 2.58. The maximum absolute atomic E-state index is 11.8. The number of carbonyl (C=O) groups is 1. The highest BCUT2D eigenvalue weighted by molar-refractivity contribution is 5.94. The van der Waals surface area contributed by atoms with Gasteiger partial charge in [-0.1, -0.05) is 35.4 Å². The van der Waals surface area contributed by atoms with Gasteiger partial charge in [0, 0.05) is 23.6 Å². The first-order valence-corrected chi connectivity index (χ1v) is 6.85. The number of rotatable bonds is 7. The molecule has 0 saturated carbocycles. The molecule has 0 fully saturated rings. The summed E-state index contributed by atoms with van der Waals surface area (Å²) in [4.78, 5) is 14.4. The maximum Gasteiger partial charge on any atom is 0.251 e. The third-order valence-corrected chi connectivity index (χ3v) is 2.93. The summed E-state index contributed by atoms with van der Waals surface area (Å²) in [6.07, 6.45) is 0. The number of carbonyl (C=O) groups excluding carboxylic acids is 1. The summed E-state index contributed by atoms with van der Waals surface area (Å²) in [5.41, 5.74) is 9.76. The molecule has 0 aliphatic heterocycles. The van der Waals surface area contributed by atoms with Crippen LogP contribution in [0.25, 0.3) is 10.4 Å². The number of azide groups is 1. The molecule has 22 heavy (non-hydrogen) atoms. The van der Waals surface area contributed by atoms with E-state index in [1.165, 1.54) is 0 Å². The molecule has 0 bridgehead atoms. The van der Waals surface area contributed by atoms with Gasteiger partial charge in [-0.05, 0) is 35.4 Å². The predicted octanol–water partition coefficient (Wildman–Crippen LogP) is 3.31. The number of amides is 1. The second-order valence-electron chi connectivity index (χ2n) is 4.51. The van der Waals surface area contributed by atoms with Gasteiger partial charge >= 0.3 is 0 Å². The maximum atomic E-state index is 11.8. The van der Waals surface area contributed by atoms with Gasteiger partial charge in [0.25, 0.3) is 5.91 Å². The van der Waals surface area contributed by atoms with Crippen molar-refractivity contribution in [3.63, 3.8) is 0 Å². The van der Waals surface area contributed by atoms with Gasteiger partial charge in [-0.15, -0.1) is 0 Å². The molecule has 0 aliphatic carbocycles. The largest absolute Gasteiger partial charge is 0.489 e. The Bertz CT molecular complexity index is 650. The van der Waals surface area contributed by atoms with Crippen LogP contribution >= 0.6 is 0 Å². The van der Waals surface area contributed by atoms with Crippen molar-refractivity contribution in [3.05, 3.63) is 76.2 Å². The molecule has 0 radical (unpaired) electrons. The molecule has 112 valence electrons. The van der Waals surface area contributed by atoms with Crippen molar-refractivity contribution in [2.24, 2.45) is 5.11 Å². The summed E-state index contributed by atoms with van der Waals surface area (Å²) in [7, 11) is 0. The Balaban J connectivity index is 1.84. The fourth-order valence-electron chi connectivity index (χ4n) is 1.81. The van der Waals surface area contributed by atoms with Crippen LogP contribution in [0.4, 0.5) is 0 Å². The Labute approximate surface area is 128 Å². The van der Waals surface area contributed by atoms with E-state index in [0.29, 0.717) is 24.5 Å². The molecule has 1 N–H and O–H groups in total. The Morgan fingerprint density at radius 2 is 1.86 bits per heavy atom. The molecule has 0 spiro atoms. The van der Waals surface area contributed by atoms with Gasteiger partial charge in [-0.25, -0.2) is 0 Å². The summed E-state index contributed by atoms with van der Waals surface area (Å²) in [5, 5.41) is 6.02. The summed E-state index contributed by atoms with van der Waals surface area (Å²) >= 11 is 0. The van der Waals surface area contributed by atoms with Crippen LogP contribution in [0.3, 0.4) is 0 Å². The van der Waals surface area contributed by atoms with E-state index in [1.54, 1.807) is 24.3 Å². The lowest BCUT2D eigenvalue weighted by Gasteiger charge is -2.07. The molecule has 2 aromatic carbocycles. The molecule has 0 saturated heterocycles. The van der Waals surface area contributed by atoms with E-state index in [-0.39, 0.29) is 12.5 Å². The van der Waals surface area contributed by atoms with Crippen LogP contribution in [0.15, 0.2) is 59.7 Å². The Morgan fingerprint density at radius 3 is 2.55 bits per heavy atom. The predicted molar refractivity (Wildman–Crippen MR) is 83.6 cm³/mol. The van der Waals surface area contributed by atoms with Crippen molar-refractivity contribution in [2.75, 3.05) is 13.1 Å². The third kappa shape index (κ3) is 4.85. The number of hydrogen-bond donors (Lipinski definition) is 1. The number of nitrogens with zero attached hydrogens (tertiary/aromatic N) is 3.